The van der Waals surface area contributed by atoms with E-state index in [4.69, 9.17) is 23.2 Å². The Balaban J connectivity index is 1.74. The maximum atomic E-state index is 12.3. The van der Waals surface area contributed by atoms with Crippen LogP contribution in [0.15, 0.2) is 35.7 Å². The fourth-order valence-corrected chi connectivity index (χ4v) is 3.69. The summed E-state index contributed by atoms with van der Waals surface area (Å²) >= 11 is 14.5. The Morgan fingerprint density at radius 2 is 2.14 bits per heavy atom. The van der Waals surface area contributed by atoms with Crippen LogP contribution in [0.2, 0.25) is 10.0 Å². The van der Waals surface area contributed by atoms with Crippen molar-refractivity contribution in [2.75, 3.05) is 0 Å². The molecule has 1 N–H and O–H groups in total. The molecule has 1 amide bonds. The van der Waals surface area contributed by atoms with Crippen molar-refractivity contribution in [2.45, 2.75) is 6.54 Å². The first-order valence-electron chi connectivity index (χ1n) is 6.23. The molecule has 0 bridgehead atoms. The third-order valence-corrected chi connectivity index (χ3v) is 5.09. The SMILES string of the molecule is O=C(NCc1ccc(Cl)cc1Cl)c1snnc1-c1cccs1. The first-order valence-corrected chi connectivity index (χ1v) is 8.64. The van der Waals surface area contributed by atoms with Crippen LogP contribution < -0.4 is 5.32 Å². The minimum absolute atomic E-state index is 0.218. The first kappa shape index (κ1) is 15.4. The Kier molecular flexibility index (Phi) is 4.73. The van der Waals surface area contributed by atoms with Crippen LogP contribution in [0, 0.1) is 0 Å². The highest BCUT2D eigenvalue weighted by Crippen LogP contribution is 2.28. The molecule has 0 unspecified atom stereocenters. The second-order valence-corrected chi connectivity index (χ2v) is 6.89. The maximum Gasteiger partial charge on any atom is 0.265 e. The Bertz CT molecular complexity index is 802. The number of carbonyl (C=O) groups is 1. The number of hydrogen-bond acceptors (Lipinski definition) is 5. The number of hydrogen-bond donors (Lipinski definition) is 1. The number of halogens is 2. The van der Waals surface area contributed by atoms with Crippen molar-refractivity contribution in [1.82, 2.24) is 14.9 Å². The van der Waals surface area contributed by atoms with Crippen LogP contribution in [0.4, 0.5) is 0 Å². The number of carbonyl (C=O) groups excluding carboxylic acids is 1. The topological polar surface area (TPSA) is 54.9 Å². The lowest BCUT2D eigenvalue weighted by atomic mass is 10.2. The third kappa shape index (κ3) is 3.30. The maximum absolute atomic E-state index is 12.3. The van der Waals surface area contributed by atoms with E-state index in [2.05, 4.69) is 14.9 Å². The van der Waals surface area contributed by atoms with Gasteiger partial charge in [-0.3, -0.25) is 4.79 Å². The van der Waals surface area contributed by atoms with Gasteiger partial charge in [-0.2, -0.15) is 0 Å². The van der Waals surface area contributed by atoms with Crippen LogP contribution in [0.1, 0.15) is 15.2 Å². The van der Waals surface area contributed by atoms with Crippen LogP contribution >= 0.6 is 46.1 Å². The number of aromatic nitrogens is 2. The van der Waals surface area contributed by atoms with Crippen molar-refractivity contribution >= 4 is 52.0 Å². The Morgan fingerprint density at radius 1 is 1.27 bits per heavy atom. The highest BCUT2D eigenvalue weighted by Gasteiger charge is 2.18. The first-order chi connectivity index (χ1) is 10.6. The molecule has 0 saturated heterocycles. The van der Waals surface area contributed by atoms with Crippen LogP contribution in [0.3, 0.4) is 0 Å². The highest BCUT2D eigenvalue weighted by atomic mass is 35.5. The molecule has 22 heavy (non-hydrogen) atoms. The van der Waals surface area contributed by atoms with Crippen LogP contribution in [0.25, 0.3) is 10.6 Å². The number of rotatable bonds is 4. The molecule has 0 fully saturated rings. The lowest BCUT2D eigenvalue weighted by molar-refractivity contribution is 0.0955. The molecule has 0 aliphatic rings. The smallest absolute Gasteiger partial charge is 0.265 e. The fraction of sp³-hybridized carbons (Fsp3) is 0.0714. The van der Waals surface area contributed by atoms with E-state index >= 15 is 0 Å². The van der Waals surface area contributed by atoms with Crippen molar-refractivity contribution < 1.29 is 4.79 Å². The number of nitrogens with zero attached hydrogens (tertiary/aromatic N) is 2. The van der Waals surface area contributed by atoms with Crippen LogP contribution in [-0.2, 0) is 6.54 Å². The van der Waals surface area contributed by atoms with Crippen LogP contribution in [-0.4, -0.2) is 15.5 Å². The molecular formula is C14H9Cl2N3OS2. The van der Waals surface area contributed by atoms with E-state index in [0.29, 0.717) is 27.2 Å². The quantitative estimate of drug-likeness (QED) is 0.736. The zero-order valence-corrected chi connectivity index (χ0v) is 14.2. The van der Waals surface area contributed by atoms with E-state index in [1.807, 2.05) is 17.5 Å². The Morgan fingerprint density at radius 3 is 2.86 bits per heavy atom. The van der Waals surface area contributed by atoms with Gasteiger partial charge >= 0.3 is 0 Å². The summed E-state index contributed by atoms with van der Waals surface area (Å²) in [6.45, 7) is 0.316. The molecular weight excluding hydrogens is 361 g/mol. The molecule has 2 aromatic heterocycles. The molecule has 0 aliphatic heterocycles. The summed E-state index contributed by atoms with van der Waals surface area (Å²) < 4.78 is 3.88. The van der Waals surface area contributed by atoms with Crippen molar-refractivity contribution in [1.29, 1.82) is 0 Å². The Hall–Kier alpha value is -1.47. The molecule has 1 aromatic carbocycles. The summed E-state index contributed by atoms with van der Waals surface area (Å²) in [5, 5.41) is 9.89. The van der Waals surface area contributed by atoms with E-state index in [9.17, 15) is 4.79 Å². The lowest BCUT2D eigenvalue weighted by Gasteiger charge is -2.06. The van der Waals surface area contributed by atoms with Gasteiger partial charge in [0.15, 0.2) is 0 Å². The summed E-state index contributed by atoms with van der Waals surface area (Å²) in [6.07, 6.45) is 0. The number of nitrogens with one attached hydrogen (secondary N) is 1. The molecule has 4 nitrogen and oxygen atoms in total. The zero-order valence-electron chi connectivity index (χ0n) is 11.0. The summed E-state index contributed by atoms with van der Waals surface area (Å²) in [6, 6.07) is 9.00. The molecule has 0 saturated carbocycles. The van der Waals surface area contributed by atoms with Gasteiger partial charge in [-0.15, -0.1) is 16.4 Å². The largest absolute Gasteiger partial charge is 0.347 e. The van der Waals surface area contributed by atoms with Gasteiger partial charge < -0.3 is 5.32 Å². The Labute approximate surface area is 144 Å². The number of benzene rings is 1. The lowest BCUT2D eigenvalue weighted by Crippen LogP contribution is -2.22. The van der Waals surface area contributed by atoms with E-state index in [1.165, 1.54) is 11.3 Å². The van der Waals surface area contributed by atoms with Crippen molar-refractivity contribution in [2.24, 2.45) is 0 Å². The van der Waals surface area contributed by atoms with Gasteiger partial charge in [0.25, 0.3) is 5.91 Å². The van der Waals surface area contributed by atoms with E-state index in [1.54, 1.807) is 18.2 Å². The summed E-state index contributed by atoms with van der Waals surface area (Å²) in [7, 11) is 0. The number of amides is 1. The molecule has 3 rings (SSSR count). The average Bonchev–Trinajstić information content (AvgIpc) is 3.16. The summed E-state index contributed by atoms with van der Waals surface area (Å²) in [5.74, 6) is -0.218. The van der Waals surface area contributed by atoms with Crippen molar-refractivity contribution in [3.05, 3.63) is 56.2 Å². The fourth-order valence-electron chi connectivity index (χ4n) is 1.84. The summed E-state index contributed by atoms with van der Waals surface area (Å²) in [5.41, 5.74) is 1.41. The predicted octanol–water partition coefficient (Wildman–Crippen LogP) is 4.50. The van der Waals surface area contributed by atoms with E-state index in [0.717, 1.165) is 22.0 Å². The molecule has 2 heterocycles. The standard InChI is InChI=1S/C14H9Cl2N3OS2/c15-9-4-3-8(10(16)6-9)7-17-14(20)13-12(18-19-22-13)11-2-1-5-21-11/h1-6H,7H2,(H,17,20). The third-order valence-electron chi connectivity index (χ3n) is 2.90. The predicted molar refractivity (Wildman–Crippen MR) is 90.9 cm³/mol. The second kappa shape index (κ2) is 6.75. The molecule has 8 heteroatoms. The second-order valence-electron chi connectivity index (χ2n) is 4.35. The molecule has 0 spiro atoms. The minimum Gasteiger partial charge on any atom is -0.347 e. The van der Waals surface area contributed by atoms with Gasteiger partial charge in [-0.25, -0.2) is 0 Å². The average molecular weight is 370 g/mol. The number of thiophene rings is 1. The molecule has 3 aromatic rings. The van der Waals surface area contributed by atoms with Gasteiger partial charge in [-0.1, -0.05) is 39.8 Å². The van der Waals surface area contributed by atoms with Crippen LogP contribution in [0.5, 0.6) is 0 Å². The van der Waals surface area contributed by atoms with Gasteiger partial charge in [0.1, 0.15) is 10.6 Å². The monoisotopic (exact) mass is 369 g/mol. The molecule has 0 aliphatic carbocycles. The van der Waals surface area contributed by atoms with Crippen molar-refractivity contribution in [3.8, 4) is 10.6 Å². The molecule has 112 valence electrons. The van der Waals surface area contributed by atoms with Gasteiger partial charge in [-0.05, 0) is 40.7 Å². The van der Waals surface area contributed by atoms with E-state index < -0.39 is 0 Å². The zero-order chi connectivity index (χ0) is 15.5. The van der Waals surface area contributed by atoms with Gasteiger partial charge in [0.05, 0.1) is 4.88 Å². The highest BCUT2D eigenvalue weighted by molar-refractivity contribution is 7.14. The van der Waals surface area contributed by atoms with Crippen molar-refractivity contribution in [3.63, 3.8) is 0 Å². The van der Waals surface area contributed by atoms with Gasteiger partial charge in [0, 0.05) is 16.6 Å². The van der Waals surface area contributed by atoms with Gasteiger partial charge in [0.2, 0.25) is 0 Å². The normalized spacial score (nSPS) is 10.6. The molecule has 0 atom stereocenters. The molecule has 0 radical (unpaired) electrons. The summed E-state index contributed by atoms with van der Waals surface area (Å²) in [4.78, 5) is 13.7. The van der Waals surface area contributed by atoms with E-state index in [-0.39, 0.29) is 5.91 Å². The minimum atomic E-state index is -0.218.